The summed E-state index contributed by atoms with van der Waals surface area (Å²) in [7, 11) is 0. The van der Waals surface area contributed by atoms with E-state index in [2.05, 4.69) is 10.3 Å². The van der Waals surface area contributed by atoms with Gasteiger partial charge in [0, 0.05) is 36.9 Å². The molecular formula is C12H18ClN3OS. The molecule has 1 fully saturated rings. The molecule has 0 saturated carbocycles. The maximum atomic E-state index is 12.0. The molecule has 2 heterocycles. The fraction of sp³-hybridized carbons (Fsp3) is 0.500. The lowest BCUT2D eigenvalue weighted by atomic mass is 10.4. The molecule has 0 spiro atoms. The predicted molar refractivity (Wildman–Crippen MR) is 76.3 cm³/mol. The van der Waals surface area contributed by atoms with Crippen LogP contribution in [0.25, 0.3) is 0 Å². The van der Waals surface area contributed by atoms with Gasteiger partial charge < -0.3 is 10.2 Å². The molecule has 0 bridgehead atoms. The third-order valence-electron chi connectivity index (χ3n) is 2.70. The normalized spacial score (nSPS) is 15.7. The molecule has 18 heavy (non-hydrogen) atoms. The smallest absolute Gasteiger partial charge is 0.232 e. The third kappa shape index (κ3) is 4.84. The van der Waals surface area contributed by atoms with Gasteiger partial charge >= 0.3 is 0 Å². The van der Waals surface area contributed by atoms with E-state index in [-0.39, 0.29) is 18.3 Å². The van der Waals surface area contributed by atoms with E-state index >= 15 is 0 Å². The zero-order chi connectivity index (χ0) is 11.9. The number of halogens is 1. The third-order valence-corrected chi connectivity index (χ3v) is 3.70. The Hall–Kier alpha value is -0.780. The number of hydrogen-bond donors (Lipinski definition) is 1. The van der Waals surface area contributed by atoms with E-state index in [1.165, 1.54) is 0 Å². The summed E-state index contributed by atoms with van der Waals surface area (Å²) in [5.74, 6) is 0.750. The highest BCUT2D eigenvalue weighted by Gasteiger charge is 2.14. The van der Waals surface area contributed by atoms with Crippen LogP contribution in [0.3, 0.4) is 0 Å². The van der Waals surface area contributed by atoms with Crippen LogP contribution in [-0.2, 0) is 4.79 Å². The number of rotatable bonds is 3. The van der Waals surface area contributed by atoms with Gasteiger partial charge in [-0.1, -0.05) is 0 Å². The number of hydrogen-bond acceptors (Lipinski definition) is 4. The molecule has 1 aromatic rings. The maximum absolute atomic E-state index is 12.0. The van der Waals surface area contributed by atoms with Crippen molar-refractivity contribution in [2.75, 3.05) is 31.9 Å². The van der Waals surface area contributed by atoms with Crippen LogP contribution in [0, 0.1) is 0 Å². The summed E-state index contributed by atoms with van der Waals surface area (Å²) in [6, 6.07) is 3.86. The largest absolute Gasteiger partial charge is 0.341 e. The molecule has 1 saturated heterocycles. The average Bonchev–Trinajstić information content (AvgIpc) is 2.66. The fourth-order valence-electron chi connectivity index (χ4n) is 1.77. The van der Waals surface area contributed by atoms with Crippen molar-refractivity contribution in [2.45, 2.75) is 11.3 Å². The summed E-state index contributed by atoms with van der Waals surface area (Å²) in [5, 5.41) is 3.30. The molecule has 4 nitrogen and oxygen atoms in total. The minimum atomic E-state index is 0. The van der Waals surface area contributed by atoms with Crippen LogP contribution in [0.5, 0.6) is 0 Å². The Morgan fingerprint density at radius 2 is 2.11 bits per heavy atom. The van der Waals surface area contributed by atoms with Gasteiger partial charge in [0.1, 0.15) is 0 Å². The van der Waals surface area contributed by atoms with Gasteiger partial charge in [-0.25, -0.2) is 0 Å². The molecule has 100 valence electrons. The molecule has 0 radical (unpaired) electrons. The van der Waals surface area contributed by atoms with Gasteiger partial charge in [-0.3, -0.25) is 9.78 Å². The first-order valence-electron chi connectivity index (χ1n) is 5.87. The van der Waals surface area contributed by atoms with E-state index in [1.54, 1.807) is 24.2 Å². The summed E-state index contributed by atoms with van der Waals surface area (Å²) < 4.78 is 0. The second-order valence-corrected chi connectivity index (χ2v) is 5.00. The SMILES string of the molecule is Cl.O=C(CSc1ccncc1)N1CCCNCC1. The average molecular weight is 288 g/mol. The summed E-state index contributed by atoms with van der Waals surface area (Å²) in [6.07, 6.45) is 4.55. The Bertz CT molecular complexity index is 356. The first kappa shape index (κ1) is 15.3. The molecule has 6 heteroatoms. The van der Waals surface area contributed by atoms with Gasteiger partial charge in [-0.15, -0.1) is 24.2 Å². The first-order chi connectivity index (χ1) is 8.36. The van der Waals surface area contributed by atoms with Crippen LogP contribution in [0.4, 0.5) is 0 Å². The van der Waals surface area contributed by atoms with Crippen LogP contribution >= 0.6 is 24.2 Å². The lowest BCUT2D eigenvalue weighted by molar-refractivity contribution is -0.128. The number of nitrogens with zero attached hydrogens (tertiary/aromatic N) is 2. The molecule has 0 aliphatic carbocycles. The van der Waals surface area contributed by atoms with Gasteiger partial charge in [0.25, 0.3) is 0 Å². The second-order valence-electron chi connectivity index (χ2n) is 3.96. The predicted octanol–water partition coefficient (Wildman–Crippen LogP) is 1.42. The highest BCUT2D eigenvalue weighted by Crippen LogP contribution is 2.16. The van der Waals surface area contributed by atoms with E-state index in [4.69, 9.17) is 0 Å². The van der Waals surface area contributed by atoms with Crippen molar-refractivity contribution in [1.29, 1.82) is 0 Å². The Morgan fingerprint density at radius 3 is 2.89 bits per heavy atom. The molecule has 2 rings (SSSR count). The lowest BCUT2D eigenvalue weighted by Gasteiger charge is -2.19. The molecule has 1 aliphatic heterocycles. The van der Waals surface area contributed by atoms with Gasteiger partial charge in [0.2, 0.25) is 5.91 Å². The molecular weight excluding hydrogens is 270 g/mol. The maximum Gasteiger partial charge on any atom is 0.232 e. The summed E-state index contributed by atoms with van der Waals surface area (Å²) in [6.45, 7) is 3.63. The molecule has 0 unspecified atom stereocenters. The van der Waals surface area contributed by atoms with Crippen LogP contribution in [0.2, 0.25) is 0 Å². The van der Waals surface area contributed by atoms with Crippen molar-refractivity contribution in [3.05, 3.63) is 24.5 Å². The Labute approximate surface area is 118 Å². The van der Waals surface area contributed by atoms with Crippen molar-refractivity contribution in [3.63, 3.8) is 0 Å². The second kappa shape index (κ2) is 8.34. The molecule has 0 aromatic carbocycles. The number of pyridine rings is 1. The summed E-state index contributed by atoms with van der Waals surface area (Å²) in [5.41, 5.74) is 0. The van der Waals surface area contributed by atoms with Crippen molar-refractivity contribution in [2.24, 2.45) is 0 Å². The summed E-state index contributed by atoms with van der Waals surface area (Å²) >= 11 is 1.58. The quantitative estimate of drug-likeness (QED) is 0.854. The van der Waals surface area contributed by atoms with E-state index < -0.39 is 0 Å². The molecule has 1 aromatic heterocycles. The Morgan fingerprint density at radius 1 is 1.33 bits per heavy atom. The summed E-state index contributed by atoms with van der Waals surface area (Å²) in [4.78, 5) is 19.0. The minimum Gasteiger partial charge on any atom is -0.341 e. The fourth-order valence-corrected chi connectivity index (χ4v) is 2.55. The molecule has 0 atom stereocenters. The number of amides is 1. The van der Waals surface area contributed by atoms with E-state index in [9.17, 15) is 4.79 Å². The lowest BCUT2D eigenvalue weighted by Crippen LogP contribution is -2.35. The van der Waals surface area contributed by atoms with Crippen molar-refractivity contribution in [1.82, 2.24) is 15.2 Å². The van der Waals surface area contributed by atoms with Crippen LogP contribution in [0.15, 0.2) is 29.4 Å². The number of carbonyl (C=O) groups excluding carboxylic acids is 1. The van der Waals surface area contributed by atoms with E-state index in [1.807, 2.05) is 17.0 Å². The standard InChI is InChI=1S/C12H17N3OS.ClH/c16-12(15-8-1-4-13-7-9-15)10-17-11-2-5-14-6-3-11;/h2-3,5-6,13H,1,4,7-10H2;1H. The Kier molecular flexibility index (Phi) is 7.08. The van der Waals surface area contributed by atoms with Gasteiger partial charge in [0.05, 0.1) is 5.75 Å². The van der Waals surface area contributed by atoms with Gasteiger partial charge in [0.15, 0.2) is 0 Å². The van der Waals surface area contributed by atoms with Crippen LogP contribution < -0.4 is 5.32 Å². The van der Waals surface area contributed by atoms with Crippen LogP contribution in [-0.4, -0.2) is 47.7 Å². The molecule has 1 amide bonds. The zero-order valence-corrected chi connectivity index (χ0v) is 11.8. The highest BCUT2D eigenvalue weighted by molar-refractivity contribution is 8.00. The topological polar surface area (TPSA) is 45.2 Å². The first-order valence-corrected chi connectivity index (χ1v) is 6.86. The number of aromatic nitrogens is 1. The zero-order valence-electron chi connectivity index (χ0n) is 10.2. The Balaban J connectivity index is 0.00000162. The number of nitrogens with one attached hydrogen (secondary N) is 1. The number of thioether (sulfide) groups is 1. The van der Waals surface area contributed by atoms with Crippen molar-refractivity contribution < 1.29 is 4.79 Å². The van der Waals surface area contributed by atoms with Crippen LogP contribution in [0.1, 0.15) is 6.42 Å². The monoisotopic (exact) mass is 287 g/mol. The van der Waals surface area contributed by atoms with Crippen molar-refractivity contribution >= 4 is 30.1 Å². The van der Waals surface area contributed by atoms with Gasteiger partial charge in [-0.2, -0.15) is 0 Å². The molecule has 1 aliphatic rings. The van der Waals surface area contributed by atoms with E-state index in [0.29, 0.717) is 5.75 Å². The highest BCUT2D eigenvalue weighted by atomic mass is 35.5. The molecule has 1 N–H and O–H groups in total. The van der Waals surface area contributed by atoms with Gasteiger partial charge in [-0.05, 0) is 25.1 Å². The number of carbonyl (C=O) groups is 1. The van der Waals surface area contributed by atoms with E-state index in [0.717, 1.165) is 37.5 Å². The van der Waals surface area contributed by atoms with Crippen molar-refractivity contribution in [3.8, 4) is 0 Å². The minimum absolute atomic E-state index is 0.